The van der Waals surface area contributed by atoms with Gasteiger partial charge in [0.1, 0.15) is 5.75 Å². The van der Waals surface area contributed by atoms with E-state index in [1.54, 1.807) is 7.11 Å². The van der Waals surface area contributed by atoms with Crippen molar-refractivity contribution >= 4 is 5.69 Å². The SMILES string of the molecule is CCCCN(CC1CCCCC1)c1ccc(OC)cc1. The van der Waals surface area contributed by atoms with Gasteiger partial charge in [0.25, 0.3) is 0 Å². The minimum atomic E-state index is 0.891. The Labute approximate surface area is 124 Å². The maximum atomic E-state index is 5.26. The topological polar surface area (TPSA) is 12.5 Å². The first kappa shape index (κ1) is 15.2. The number of rotatable bonds is 7. The van der Waals surface area contributed by atoms with Gasteiger partial charge in [0, 0.05) is 18.8 Å². The van der Waals surface area contributed by atoms with Crippen LogP contribution in [0.25, 0.3) is 0 Å². The number of unbranched alkanes of at least 4 members (excludes halogenated alkanes) is 1. The van der Waals surface area contributed by atoms with Crippen molar-refractivity contribution in [3.8, 4) is 5.75 Å². The summed E-state index contributed by atoms with van der Waals surface area (Å²) in [5, 5.41) is 0. The molecule has 1 aliphatic carbocycles. The van der Waals surface area contributed by atoms with E-state index >= 15 is 0 Å². The van der Waals surface area contributed by atoms with Crippen molar-refractivity contribution in [1.82, 2.24) is 0 Å². The zero-order chi connectivity index (χ0) is 14.2. The number of methoxy groups -OCH3 is 1. The summed E-state index contributed by atoms with van der Waals surface area (Å²) < 4.78 is 5.26. The van der Waals surface area contributed by atoms with Gasteiger partial charge in [0.05, 0.1) is 7.11 Å². The van der Waals surface area contributed by atoms with Crippen LogP contribution in [0.15, 0.2) is 24.3 Å². The van der Waals surface area contributed by atoms with Crippen LogP contribution in [0.1, 0.15) is 51.9 Å². The molecule has 20 heavy (non-hydrogen) atoms. The van der Waals surface area contributed by atoms with Gasteiger partial charge in [-0.05, 0) is 49.4 Å². The largest absolute Gasteiger partial charge is 0.497 e. The van der Waals surface area contributed by atoms with Crippen molar-refractivity contribution in [2.45, 2.75) is 51.9 Å². The maximum Gasteiger partial charge on any atom is 0.119 e. The van der Waals surface area contributed by atoms with E-state index in [1.807, 2.05) is 0 Å². The number of anilines is 1. The molecule has 0 amide bonds. The highest BCUT2D eigenvalue weighted by Crippen LogP contribution is 2.27. The second-order valence-electron chi connectivity index (χ2n) is 6.00. The normalized spacial score (nSPS) is 16.1. The second kappa shape index (κ2) is 8.18. The van der Waals surface area contributed by atoms with Gasteiger partial charge in [0.2, 0.25) is 0 Å². The molecule has 1 saturated carbocycles. The maximum absolute atomic E-state index is 5.26. The lowest BCUT2D eigenvalue weighted by Gasteiger charge is -2.31. The van der Waals surface area contributed by atoms with Crippen LogP contribution in [0.5, 0.6) is 5.75 Å². The van der Waals surface area contributed by atoms with Gasteiger partial charge in [0.15, 0.2) is 0 Å². The summed E-state index contributed by atoms with van der Waals surface area (Å²) in [6.07, 6.45) is 9.66. The third-order valence-corrected chi connectivity index (χ3v) is 4.42. The van der Waals surface area contributed by atoms with Crippen LogP contribution < -0.4 is 9.64 Å². The molecular formula is C18H29NO. The van der Waals surface area contributed by atoms with Gasteiger partial charge < -0.3 is 9.64 Å². The summed E-state index contributed by atoms with van der Waals surface area (Å²) >= 11 is 0. The predicted octanol–water partition coefficient (Wildman–Crippen LogP) is 4.88. The fourth-order valence-corrected chi connectivity index (χ4v) is 3.15. The molecular weight excluding hydrogens is 246 g/mol. The number of ether oxygens (including phenoxy) is 1. The van der Waals surface area contributed by atoms with Crippen LogP contribution in [0, 0.1) is 5.92 Å². The van der Waals surface area contributed by atoms with Gasteiger partial charge in [-0.2, -0.15) is 0 Å². The summed E-state index contributed by atoms with van der Waals surface area (Å²) in [4.78, 5) is 2.58. The molecule has 1 aromatic carbocycles. The van der Waals surface area contributed by atoms with Gasteiger partial charge >= 0.3 is 0 Å². The molecule has 0 atom stereocenters. The Bertz CT molecular complexity index is 368. The van der Waals surface area contributed by atoms with E-state index in [-0.39, 0.29) is 0 Å². The van der Waals surface area contributed by atoms with Crippen LogP contribution >= 0.6 is 0 Å². The summed E-state index contributed by atoms with van der Waals surface area (Å²) in [7, 11) is 1.73. The second-order valence-corrected chi connectivity index (χ2v) is 6.00. The molecule has 112 valence electrons. The van der Waals surface area contributed by atoms with Crippen molar-refractivity contribution in [1.29, 1.82) is 0 Å². The average molecular weight is 275 g/mol. The van der Waals surface area contributed by atoms with Gasteiger partial charge in [-0.1, -0.05) is 32.6 Å². The summed E-state index contributed by atoms with van der Waals surface area (Å²) in [6, 6.07) is 8.57. The first-order chi connectivity index (χ1) is 9.83. The summed E-state index contributed by atoms with van der Waals surface area (Å²) in [5.41, 5.74) is 1.35. The summed E-state index contributed by atoms with van der Waals surface area (Å²) in [5.74, 6) is 1.84. The first-order valence-electron chi connectivity index (χ1n) is 8.22. The fraction of sp³-hybridized carbons (Fsp3) is 0.667. The van der Waals surface area contributed by atoms with Crippen molar-refractivity contribution in [3.63, 3.8) is 0 Å². The predicted molar refractivity (Wildman–Crippen MR) is 86.7 cm³/mol. The van der Waals surface area contributed by atoms with E-state index < -0.39 is 0 Å². The van der Waals surface area contributed by atoms with E-state index in [2.05, 4.69) is 36.1 Å². The molecule has 2 heteroatoms. The minimum absolute atomic E-state index is 0.891. The molecule has 1 aromatic rings. The Kier molecular flexibility index (Phi) is 6.23. The lowest BCUT2D eigenvalue weighted by Crippen LogP contribution is -2.31. The van der Waals surface area contributed by atoms with Crippen LogP contribution in [-0.4, -0.2) is 20.2 Å². The molecule has 0 unspecified atom stereocenters. The molecule has 0 bridgehead atoms. The first-order valence-corrected chi connectivity index (χ1v) is 8.22. The van der Waals surface area contributed by atoms with Crippen molar-refractivity contribution in [2.75, 3.05) is 25.1 Å². The number of benzene rings is 1. The van der Waals surface area contributed by atoms with Crippen LogP contribution in [-0.2, 0) is 0 Å². The highest BCUT2D eigenvalue weighted by molar-refractivity contribution is 5.49. The molecule has 1 aliphatic rings. The van der Waals surface area contributed by atoms with Gasteiger partial charge in [-0.15, -0.1) is 0 Å². The van der Waals surface area contributed by atoms with Crippen LogP contribution in [0.2, 0.25) is 0 Å². The van der Waals surface area contributed by atoms with Crippen molar-refractivity contribution in [2.24, 2.45) is 5.92 Å². The molecule has 2 nitrogen and oxygen atoms in total. The molecule has 0 radical (unpaired) electrons. The Morgan fingerprint density at radius 1 is 1.10 bits per heavy atom. The van der Waals surface area contributed by atoms with Gasteiger partial charge in [-0.25, -0.2) is 0 Å². The molecule has 0 heterocycles. The highest BCUT2D eigenvalue weighted by Gasteiger charge is 2.17. The fourth-order valence-electron chi connectivity index (χ4n) is 3.15. The van der Waals surface area contributed by atoms with E-state index in [0.29, 0.717) is 0 Å². The van der Waals surface area contributed by atoms with Gasteiger partial charge in [-0.3, -0.25) is 0 Å². The third kappa shape index (κ3) is 4.43. The molecule has 1 fully saturated rings. The Morgan fingerprint density at radius 3 is 2.40 bits per heavy atom. The minimum Gasteiger partial charge on any atom is -0.497 e. The summed E-state index contributed by atoms with van der Waals surface area (Å²) in [6.45, 7) is 4.68. The lowest BCUT2D eigenvalue weighted by atomic mass is 9.89. The smallest absolute Gasteiger partial charge is 0.119 e. The Balaban J connectivity index is 2.00. The van der Waals surface area contributed by atoms with Crippen molar-refractivity contribution in [3.05, 3.63) is 24.3 Å². The molecule has 0 spiro atoms. The average Bonchev–Trinajstić information content (AvgIpc) is 2.52. The third-order valence-electron chi connectivity index (χ3n) is 4.42. The molecule has 0 saturated heterocycles. The van der Waals surface area contributed by atoms with E-state index in [9.17, 15) is 0 Å². The lowest BCUT2D eigenvalue weighted by molar-refractivity contribution is 0.357. The molecule has 0 N–H and O–H groups in total. The number of nitrogens with zero attached hydrogens (tertiary/aromatic N) is 1. The number of hydrogen-bond donors (Lipinski definition) is 0. The Morgan fingerprint density at radius 2 is 1.80 bits per heavy atom. The highest BCUT2D eigenvalue weighted by atomic mass is 16.5. The monoisotopic (exact) mass is 275 g/mol. The molecule has 0 aliphatic heterocycles. The van der Waals surface area contributed by atoms with E-state index in [0.717, 1.165) is 11.7 Å². The van der Waals surface area contributed by atoms with E-state index in [1.165, 1.54) is 63.7 Å². The zero-order valence-corrected chi connectivity index (χ0v) is 13.1. The van der Waals surface area contributed by atoms with Crippen LogP contribution in [0.3, 0.4) is 0 Å². The standard InChI is InChI=1S/C18H29NO/c1-3-4-14-19(15-16-8-6-5-7-9-16)17-10-12-18(20-2)13-11-17/h10-13,16H,3-9,14-15H2,1-2H3. The van der Waals surface area contributed by atoms with E-state index in [4.69, 9.17) is 4.74 Å². The number of hydrogen-bond acceptors (Lipinski definition) is 2. The molecule has 2 rings (SSSR count). The van der Waals surface area contributed by atoms with Crippen molar-refractivity contribution < 1.29 is 4.74 Å². The Hall–Kier alpha value is -1.18. The molecule has 0 aromatic heterocycles. The quantitative estimate of drug-likeness (QED) is 0.703. The zero-order valence-electron chi connectivity index (χ0n) is 13.1. The van der Waals surface area contributed by atoms with Crippen LogP contribution in [0.4, 0.5) is 5.69 Å².